The van der Waals surface area contributed by atoms with E-state index in [1.165, 1.54) is 12.1 Å². The van der Waals surface area contributed by atoms with Crippen LogP contribution in [0.5, 0.6) is 0 Å². The number of nitro groups is 1. The molecule has 2 heterocycles. The predicted molar refractivity (Wildman–Crippen MR) is 73.5 cm³/mol. The highest BCUT2D eigenvalue weighted by molar-refractivity contribution is 5.54. The molecule has 9 heteroatoms. The van der Waals surface area contributed by atoms with Crippen LogP contribution in [0.15, 0.2) is 18.5 Å². The number of aryl methyl sites for hydroxylation is 1. The van der Waals surface area contributed by atoms with Gasteiger partial charge in [-0.25, -0.2) is 4.98 Å². The molecule has 0 bridgehead atoms. The zero-order chi connectivity index (χ0) is 14.5. The van der Waals surface area contributed by atoms with Crippen molar-refractivity contribution in [3.8, 4) is 0 Å². The predicted octanol–water partition coefficient (Wildman–Crippen LogP) is 1.25. The van der Waals surface area contributed by atoms with Gasteiger partial charge in [0.2, 0.25) is 0 Å². The number of nitrogens with zero attached hydrogens (tertiary/aromatic N) is 5. The minimum absolute atomic E-state index is 0.0243. The fourth-order valence-electron chi connectivity index (χ4n) is 1.69. The molecule has 0 radical (unpaired) electrons. The number of rotatable bonds is 6. The van der Waals surface area contributed by atoms with Gasteiger partial charge in [0.05, 0.1) is 23.6 Å². The lowest BCUT2D eigenvalue weighted by Crippen LogP contribution is -2.09. The number of aromatic nitrogens is 4. The molecule has 20 heavy (non-hydrogen) atoms. The largest absolute Gasteiger partial charge is 0.373 e. The fraction of sp³-hybridized carbons (Fsp3) is 0.364. The van der Waals surface area contributed by atoms with E-state index in [0.717, 1.165) is 12.4 Å². The second-order valence-electron chi connectivity index (χ2n) is 3.99. The van der Waals surface area contributed by atoms with E-state index in [1.807, 2.05) is 11.5 Å². The zero-order valence-corrected chi connectivity index (χ0v) is 11.2. The Morgan fingerprint density at radius 2 is 2.15 bits per heavy atom. The van der Waals surface area contributed by atoms with Crippen molar-refractivity contribution in [1.29, 1.82) is 0 Å². The van der Waals surface area contributed by atoms with Gasteiger partial charge in [-0.15, -0.1) is 10.2 Å². The van der Waals surface area contributed by atoms with E-state index < -0.39 is 4.92 Å². The van der Waals surface area contributed by atoms with E-state index in [9.17, 15) is 10.1 Å². The number of hydrogen-bond acceptors (Lipinski definition) is 7. The van der Waals surface area contributed by atoms with Gasteiger partial charge in [0.15, 0.2) is 5.82 Å². The van der Waals surface area contributed by atoms with E-state index in [2.05, 4.69) is 25.8 Å². The first-order valence-electron chi connectivity index (χ1n) is 6.08. The van der Waals surface area contributed by atoms with Crippen LogP contribution in [0, 0.1) is 10.1 Å². The van der Waals surface area contributed by atoms with Gasteiger partial charge in [-0.1, -0.05) is 0 Å². The summed E-state index contributed by atoms with van der Waals surface area (Å²) >= 11 is 0. The molecule has 0 saturated heterocycles. The summed E-state index contributed by atoms with van der Waals surface area (Å²) in [7, 11) is 1.66. The number of pyridine rings is 1. The van der Waals surface area contributed by atoms with Gasteiger partial charge in [0.1, 0.15) is 18.0 Å². The molecule has 2 aromatic rings. The lowest BCUT2D eigenvalue weighted by molar-refractivity contribution is -0.384. The van der Waals surface area contributed by atoms with Gasteiger partial charge in [0.25, 0.3) is 5.69 Å². The average Bonchev–Trinajstić information content (AvgIpc) is 2.92. The minimum atomic E-state index is -0.456. The van der Waals surface area contributed by atoms with E-state index in [4.69, 9.17) is 0 Å². The molecule has 0 amide bonds. The average molecular weight is 277 g/mol. The van der Waals surface area contributed by atoms with Gasteiger partial charge in [-0.05, 0) is 6.92 Å². The summed E-state index contributed by atoms with van der Waals surface area (Å²) in [6, 6.07) is 2.76. The van der Waals surface area contributed by atoms with E-state index in [-0.39, 0.29) is 5.69 Å². The van der Waals surface area contributed by atoms with Gasteiger partial charge >= 0.3 is 0 Å². The monoisotopic (exact) mass is 277 g/mol. The van der Waals surface area contributed by atoms with Crippen LogP contribution in [-0.4, -0.2) is 31.7 Å². The summed E-state index contributed by atoms with van der Waals surface area (Å²) in [6.07, 6.45) is 1.64. The lowest BCUT2D eigenvalue weighted by Gasteiger charge is -2.08. The van der Waals surface area contributed by atoms with Gasteiger partial charge in [0, 0.05) is 13.6 Å². The molecule has 2 N–H and O–H groups in total. The Hall–Kier alpha value is -2.71. The smallest absolute Gasteiger partial charge is 0.276 e. The topological polar surface area (TPSA) is 111 Å². The van der Waals surface area contributed by atoms with E-state index >= 15 is 0 Å². The first-order chi connectivity index (χ1) is 9.63. The standard InChI is InChI=1S/C11H15N7O2/c1-3-17-7-14-16-11(17)6-13-10-5-8(18(19)20)4-9(12-2)15-10/h4-5,7H,3,6H2,1-2H3,(H2,12,13,15). The molecular formula is C11H15N7O2. The second-order valence-corrected chi connectivity index (χ2v) is 3.99. The molecule has 2 rings (SSSR count). The van der Waals surface area contributed by atoms with Crippen LogP contribution < -0.4 is 10.6 Å². The molecule has 0 aromatic carbocycles. The summed E-state index contributed by atoms with van der Waals surface area (Å²) in [5, 5.41) is 24.4. The number of nitrogens with one attached hydrogen (secondary N) is 2. The van der Waals surface area contributed by atoms with Crippen molar-refractivity contribution in [2.45, 2.75) is 20.0 Å². The Kier molecular flexibility index (Phi) is 4.08. The molecule has 0 saturated carbocycles. The quantitative estimate of drug-likeness (QED) is 0.603. The zero-order valence-electron chi connectivity index (χ0n) is 11.2. The molecule has 0 atom stereocenters. The Labute approximate surface area is 115 Å². The molecule has 0 aliphatic heterocycles. The molecule has 0 fully saturated rings. The summed E-state index contributed by atoms with van der Waals surface area (Å²) in [5.74, 6) is 1.58. The van der Waals surface area contributed by atoms with Crippen molar-refractivity contribution >= 4 is 17.3 Å². The van der Waals surface area contributed by atoms with Gasteiger partial charge in [-0.3, -0.25) is 10.1 Å². The van der Waals surface area contributed by atoms with Crippen molar-refractivity contribution in [3.05, 3.63) is 34.4 Å². The summed E-state index contributed by atoms with van der Waals surface area (Å²) in [4.78, 5) is 14.6. The van der Waals surface area contributed by atoms with Crippen molar-refractivity contribution < 1.29 is 4.92 Å². The molecule has 9 nitrogen and oxygen atoms in total. The first-order valence-corrected chi connectivity index (χ1v) is 6.08. The van der Waals surface area contributed by atoms with Gasteiger partial charge in [-0.2, -0.15) is 0 Å². The summed E-state index contributed by atoms with van der Waals surface area (Å²) in [6.45, 7) is 3.14. The highest BCUT2D eigenvalue weighted by Gasteiger charge is 2.11. The summed E-state index contributed by atoms with van der Waals surface area (Å²) < 4.78 is 1.88. The second kappa shape index (κ2) is 5.95. The van der Waals surface area contributed by atoms with Crippen LogP contribution >= 0.6 is 0 Å². The van der Waals surface area contributed by atoms with Crippen molar-refractivity contribution in [2.75, 3.05) is 17.7 Å². The highest BCUT2D eigenvalue weighted by Crippen LogP contribution is 2.20. The molecule has 0 unspecified atom stereocenters. The Balaban J connectivity index is 2.16. The number of hydrogen-bond donors (Lipinski definition) is 2. The van der Waals surface area contributed by atoms with Crippen LogP contribution in [0.25, 0.3) is 0 Å². The van der Waals surface area contributed by atoms with Gasteiger partial charge < -0.3 is 15.2 Å². The van der Waals surface area contributed by atoms with Crippen molar-refractivity contribution in [3.63, 3.8) is 0 Å². The third kappa shape index (κ3) is 2.99. The molecule has 0 aliphatic rings. The fourth-order valence-corrected chi connectivity index (χ4v) is 1.69. The van der Waals surface area contributed by atoms with Crippen molar-refractivity contribution in [1.82, 2.24) is 19.7 Å². The third-order valence-electron chi connectivity index (χ3n) is 2.74. The Bertz CT molecular complexity index is 611. The molecule has 0 spiro atoms. The van der Waals surface area contributed by atoms with Crippen molar-refractivity contribution in [2.24, 2.45) is 0 Å². The normalized spacial score (nSPS) is 10.3. The van der Waals surface area contributed by atoms with Crippen LogP contribution in [0.1, 0.15) is 12.7 Å². The van der Waals surface area contributed by atoms with Crippen LogP contribution in [0.4, 0.5) is 17.3 Å². The van der Waals surface area contributed by atoms with Crippen LogP contribution in [0.3, 0.4) is 0 Å². The minimum Gasteiger partial charge on any atom is -0.373 e. The Morgan fingerprint density at radius 3 is 2.80 bits per heavy atom. The molecule has 2 aromatic heterocycles. The van der Waals surface area contributed by atoms with E-state index in [1.54, 1.807) is 13.4 Å². The summed E-state index contributed by atoms with van der Waals surface area (Å²) in [5.41, 5.74) is -0.0243. The molecule has 0 aliphatic carbocycles. The Morgan fingerprint density at radius 1 is 1.40 bits per heavy atom. The third-order valence-corrected chi connectivity index (χ3v) is 2.74. The SMILES string of the molecule is CCn1cnnc1CNc1cc([N+](=O)[O-])cc(NC)n1. The number of anilines is 2. The first kappa shape index (κ1) is 13.7. The van der Waals surface area contributed by atoms with E-state index in [0.29, 0.717) is 18.2 Å². The maximum atomic E-state index is 10.9. The maximum Gasteiger partial charge on any atom is 0.276 e. The molecule has 106 valence electrons. The maximum absolute atomic E-state index is 10.9. The molecular weight excluding hydrogens is 262 g/mol. The highest BCUT2D eigenvalue weighted by atomic mass is 16.6. The van der Waals surface area contributed by atoms with Crippen LogP contribution in [-0.2, 0) is 13.1 Å². The lowest BCUT2D eigenvalue weighted by atomic mass is 10.3. The van der Waals surface area contributed by atoms with Crippen LogP contribution in [0.2, 0.25) is 0 Å².